The van der Waals surface area contributed by atoms with Gasteiger partial charge >= 0.3 is 0 Å². The Balaban J connectivity index is 3.80. The topological polar surface area (TPSA) is 0 Å². The molecular formula is C8H17B. The lowest BCUT2D eigenvalue weighted by Gasteiger charge is -2.29. The van der Waals surface area contributed by atoms with Crippen molar-refractivity contribution >= 4 is 7.85 Å². The molecule has 0 aromatic heterocycles. The zero-order valence-electron chi connectivity index (χ0n) is 7.07. The Hall–Kier alpha value is 0.0649. The molecule has 1 unspecified atom stereocenters. The molecule has 0 saturated heterocycles. The molecule has 0 aromatic rings. The van der Waals surface area contributed by atoms with Crippen LogP contribution in [0.4, 0.5) is 0 Å². The normalized spacial score (nSPS) is 15.6. The highest BCUT2D eigenvalue weighted by molar-refractivity contribution is 6.08. The van der Waals surface area contributed by atoms with Crippen molar-refractivity contribution in [1.29, 1.82) is 0 Å². The molecule has 2 radical (unpaired) electrons. The van der Waals surface area contributed by atoms with Crippen molar-refractivity contribution in [2.75, 3.05) is 0 Å². The van der Waals surface area contributed by atoms with Crippen molar-refractivity contribution in [2.45, 2.75) is 40.4 Å². The summed E-state index contributed by atoms with van der Waals surface area (Å²) >= 11 is 0. The third kappa shape index (κ3) is 2.42. The lowest BCUT2D eigenvalue weighted by molar-refractivity contribution is 0.240. The second-order valence-corrected chi connectivity index (χ2v) is 3.48. The smallest absolute Gasteiger partial charge is 0.0656 e. The Morgan fingerprint density at radius 3 is 2.00 bits per heavy atom. The minimum Gasteiger partial charge on any atom is -0.0857 e. The van der Waals surface area contributed by atoms with E-state index < -0.39 is 0 Å². The van der Waals surface area contributed by atoms with Crippen LogP contribution in [0.3, 0.4) is 0 Å². The van der Waals surface area contributed by atoms with Gasteiger partial charge in [0.25, 0.3) is 0 Å². The van der Waals surface area contributed by atoms with Crippen molar-refractivity contribution in [2.24, 2.45) is 11.3 Å². The summed E-state index contributed by atoms with van der Waals surface area (Å²) in [5.41, 5.74) is 0.425. The fraction of sp³-hybridized carbons (Fsp3) is 1.00. The summed E-state index contributed by atoms with van der Waals surface area (Å²) in [5, 5.41) is 0. The van der Waals surface area contributed by atoms with Gasteiger partial charge in [0.1, 0.15) is 0 Å². The molecule has 0 saturated carbocycles. The van der Waals surface area contributed by atoms with Crippen molar-refractivity contribution in [3.05, 3.63) is 0 Å². The molecule has 0 nitrogen and oxygen atoms in total. The molecule has 0 bridgehead atoms. The van der Waals surface area contributed by atoms with Crippen molar-refractivity contribution in [3.8, 4) is 0 Å². The van der Waals surface area contributed by atoms with Gasteiger partial charge in [0.2, 0.25) is 0 Å². The predicted molar refractivity (Wildman–Crippen MR) is 43.8 cm³/mol. The summed E-state index contributed by atoms with van der Waals surface area (Å²) in [5.74, 6) is 0.641. The largest absolute Gasteiger partial charge is 0.0857 e. The monoisotopic (exact) mass is 124 g/mol. The summed E-state index contributed by atoms with van der Waals surface area (Å²) in [6.45, 7) is 8.96. The molecular weight excluding hydrogens is 107 g/mol. The van der Waals surface area contributed by atoms with Crippen LogP contribution < -0.4 is 0 Å². The molecule has 0 aliphatic carbocycles. The van der Waals surface area contributed by atoms with Crippen LogP contribution in [0.1, 0.15) is 34.1 Å². The molecule has 0 aliphatic heterocycles. The Kier molecular flexibility index (Phi) is 3.31. The van der Waals surface area contributed by atoms with Crippen LogP contribution in [0.2, 0.25) is 6.32 Å². The molecule has 0 spiro atoms. The van der Waals surface area contributed by atoms with Gasteiger partial charge < -0.3 is 0 Å². The van der Waals surface area contributed by atoms with Crippen molar-refractivity contribution in [1.82, 2.24) is 0 Å². The standard InChI is InChI=1S/C8H17B/c1-5-8(3,4)7(2)6-9/h7H,5-6H2,1-4H3. The van der Waals surface area contributed by atoms with E-state index in [2.05, 4.69) is 27.7 Å². The average molecular weight is 124 g/mol. The van der Waals surface area contributed by atoms with Crippen LogP contribution in [0, 0.1) is 11.3 Å². The van der Waals surface area contributed by atoms with Gasteiger partial charge in [-0.05, 0) is 11.3 Å². The van der Waals surface area contributed by atoms with Crippen LogP contribution in [0.25, 0.3) is 0 Å². The van der Waals surface area contributed by atoms with Crippen molar-refractivity contribution in [3.63, 3.8) is 0 Å². The molecule has 1 atom stereocenters. The molecule has 0 fully saturated rings. The van der Waals surface area contributed by atoms with Crippen LogP contribution in [-0.2, 0) is 0 Å². The van der Waals surface area contributed by atoms with Gasteiger partial charge in [-0.2, -0.15) is 0 Å². The molecule has 0 aliphatic rings. The molecule has 0 aromatic carbocycles. The first-order valence-corrected chi connectivity index (χ1v) is 3.74. The van der Waals surface area contributed by atoms with E-state index in [1.807, 2.05) is 0 Å². The van der Waals surface area contributed by atoms with E-state index in [-0.39, 0.29) is 0 Å². The van der Waals surface area contributed by atoms with E-state index in [9.17, 15) is 0 Å². The van der Waals surface area contributed by atoms with Gasteiger partial charge in [-0.15, -0.1) is 0 Å². The fourth-order valence-corrected chi connectivity index (χ4v) is 0.667. The Morgan fingerprint density at radius 2 is 1.89 bits per heavy atom. The van der Waals surface area contributed by atoms with E-state index in [0.717, 1.165) is 6.32 Å². The minimum absolute atomic E-state index is 0.425. The van der Waals surface area contributed by atoms with Gasteiger partial charge in [-0.3, -0.25) is 0 Å². The van der Waals surface area contributed by atoms with Gasteiger partial charge in [-0.1, -0.05) is 40.4 Å². The fourth-order valence-electron chi connectivity index (χ4n) is 0.667. The van der Waals surface area contributed by atoms with Crippen LogP contribution in [0.15, 0.2) is 0 Å². The Morgan fingerprint density at radius 1 is 1.44 bits per heavy atom. The highest BCUT2D eigenvalue weighted by Crippen LogP contribution is 2.31. The van der Waals surface area contributed by atoms with Gasteiger partial charge in [0.15, 0.2) is 0 Å². The van der Waals surface area contributed by atoms with E-state index in [4.69, 9.17) is 7.85 Å². The predicted octanol–water partition coefficient (Wildman–Crippen LogP) is 2.65. The number of hydrogen-bond acceptors (Lipinski definition) is 0. The lowest BCUT2D eigenvalue weighted by atomic mass is 9.72. The maximum atomic E-state index is 5.53. The van der Waals surface area contributed by atoms with E-state index in [0.29, 0.717) is 11.3 Å². The molecule has 52 valence electrons. The van der Waals surface area contributed by atoms with Crippen molar-refractivity contribution < 1.29 is 0 Å². The summed E-state index contributed by atoms with van der Waals surface area (Å²) < 4.78 is 0. The van der Waals surface area contributed by atoms with Gasteiger partial charge in [-0.25, -0.2) is 0 Å². The second-order valence-electron chi connectivity index (χ2n) is 3.48. The summed E-state index contributed by atoms with van der Waals surface area (Å²) in [7, 11) is 5.53. The van der Waals surface area contributed by atoms with E-state index in [1.54, 1.807) is 0 Å². The van der Waals surface area contributed by atoms with Gasteiger partial charge in [0, 0.05) is 0 Å². The minimum atomic E-state index is 0.425. The SMILES string of the molecule is [B]CC(C)C(C)(C)CC. The Labute approximate surface area is 60.4 Å². The highest BCUT2D eigenvalue weighted by Gasteiger charge is 2.20. The zero-order chi connectivity index (χ0) is 7.49. The van der Waals surface area contributed by atoms with Crippen LogP contribution in [-0.4, -0.2) is 7.85 Å². The molecule has 0 rings (SSSR count). The molecule has 0 N–H and O–H groups in total. The molecule has 0 amide bonds. The third-order valence-corrected chi connectivity index (χ3v) is 2.60. The summed E-state index contributed by atoms with van der Waals surface area (Å²) in [4.78, 5) is 0. The first-order chi connectivity index (χ1) is 4.04. The van der Waals surface area contributed by atoms with E-state index in [1.165, 1.54) is 6.42 Å². The molecule has 1 heteroatoms. The van der Waals surface area contributed by atoms with Crippen LogP contribution in [0.5, 0.6) is 0 Å². The van der Waals surface area contributed by atoms with Crippen LogP contribution >= 0.6 is 0 Å². The number of rotatable bonds is 3. The lowest BCUT2D eigenvalue weighted by Crippen LogP contribution is -2.19. The molecule has 9 heavy (non-hydrogen) atoms. The first kappa shape index (κ1) is 9.06. The van der Waals surface area contributed by atoms with E-state index >= 15 is 0 Å². The summed E-state index contributed by atoms with van der Waals surface area (Å²) in [6, 6.07) is 0. The second kappa shape index (κ2) is 3.29. The maximum Gasteiger partial charge on any atom is 0.0656 e. The third-order valence-electron chi connectivity index (χ3n) is 2.60. The molecule has 0 heterocycles. The maximum absolute atomic E-state index is 5.53. The first-order valence-electron chi connectivity index (χ1n) is 3.74. The Bertz CT molecular complexity index is 76.6. The summed E-state index contributed by atoms with van der Waals surface area (Å²) in [6.07, 6.45) is 2.02. The average Bonchev–Trinajstić information content (AvgIpc) is 1.86. The zero-order valence-corrected chi connectivity index (χ0v) is 7.07. The highest BCUT2D eigenvalue weighted by atomic mass is 14.3. The van der Waals surface area contributed by atoms with Gasteiger partial charge in [0.05, 0.1) is 7.85 Å². The quantitative estimate of drug-likeness (QED) is 0.507. The number of hydrogen-bond donors (Lipinski definition) is 0.